The first-order valence-corrected chi connectivity index (χ1v) is 7.37. The fourth-order valence-corrected chi connectivity index (χ4v) is 2.94. The lowest BCUT2D eigenvalue weighted by atomic mass is 10.1. The second kappa shape index (κ2) is 5.81. The van der Waals surface area contributed by atoms with Gasteiger partial charge in [-0.2, -0.15) is 0 Å². The van der Waals surface area contributed by atoms with Crippen LogP contribution >= 0.6 is 11.6 Å². The van der Waals surface area contributed by atoms with Crippen molar-refractivity contribution in [1.29, 1.82) is 0 Å². The third-order valence-electron chi connectivity index (χ3n) is 3.74. The number of aryl methyl sites for hydroxylation is 2. The van der Waals surface area contributed by atoms with Crippen LogP contribution < -0.4 is 0 Å². The first-order valence-electron chi connectivity index (χ1n) is 6.99. The molecule has 0 aliphatic heterocycles. The Morgan fingerprint density at radius 3 is 2.82 bits per heavy atom. The number of benzene rings is 1. The van der Waals surface area contributed by atoms with E-state index in [9.17, 15) is 4.79 Å². The number of carbonyl (C=O) groups is 1. The van der Waals surface area contributed by atoms with E-state index < -0.39 is 5.97 Å². The Hall–Kier alpha value is -2.33. The molecule has 1 N–H and O–H groups in total. The molecule has 2 aromatic heterocycles. The predicted molar refractivity (Wildman–Crippen MR) is 87.2 cm³/mol. The Bertz CT molecular complexity index is 841. The number of pyridine rings is 1. The molecule has 5 heteroatoms. The highest BCUT2D eigenvalue weighted by atomic mass is 35.5. The summed E-state index contributed by atoms with van der Waals surface area (Å²) in [5.41, 5.74) is 3.81. The lowest BCUT2D eigenvalue weighted by Crippen LogP contribution is -2.06. The molecule has 0 amide bonds. The van der Waals surface area contributed by atoms with Gasteiger partial charge in [0.25, 0.3) is 0 Å². The van der Waals surface area contributed by atoms with Gasteiger partial charge < -0.3 is 9.67 Å². The maximum atomic E-state index is 11.0. The van der Waals surface area contributed by atoms with Crippen molar-refractivity contribution in [1.82, 2.24) is 9.55 Å². The van der Waals surface area contributed by atoms with Gasteiger partial charge in [-0.3, -0.25) is 9.78 Å². The molecule has 0 fully saturated rings. The molecule has 3 aromatic rings. The molecule has 0 radical (unpaired) electrons. The van der Waals surface area contributed by atoms with Gasteiger partial charge in [0.05, 0.1) is 17.8 Å². The number of halogens is 1. The van der Waals surface area contributed by atoms with Crippen LogP contribution in [-0.4, -0.2) is 20.6 Å². The van der Waals surface area contributed by atoms with Crippen LogP contribution in [0.2, 0.25) is 5.02 Å². The quantitative estimate of drug-likeness (QED) is 0.787. The van der Waals surface area contributed by atoms with Crippen LogP contribution in [0.15, 0.2) is 42.6 Å². The molecule has 3 rings (SSSR count). The average molecular weight is 315 g/mol. The largest absolute Gasteiger partial charge is 0.481 e. The van der Waals surface area contributed by atoms with E-state index in [1.807, 2.05) is 47.9 Å². The standard InChI is InChI=1S/C17H15ClN2O2/c1-11-13-10-12(18)5-6-15(13)20(9-7-16(21)22)17(11)14-4-2-3-8-19-14/h2-6,8,10H,7,9H2,1H3,(H,21,22). The van der Waals surface area contributed by atoms with E-state index in [2.05, 4.69) is 4.98 Å². The second-order valence-corrected chi connectivity index (χ2v) is 5.58. The van der Waals surface area contributed by atoms with Gasteiger partial charge in [0.2, 0.25) is 0 Å². The van der Waals surface area contributed by atoms with E-state index in [4.69, 9.17) is 16.7 Å². The molecule has 112 valence electrons. The molecule has 1 aromatic carbocycles. The van der Waals surface area contributed by atoms with Crippen LogP contribution in [-0.2, 0) is 11.3 Å². The number of hydrogen-bond acceptors (Lipinski definition) is 2. The zero-order valence-corrected chi connectivity index (χ0v) is 12.8. The lowest BCUT2D eigenvalue weighted by Gasteiger charge is -2.10. The minimum Gasteiger partial charge on any atom is -0.481 e. The highest BCUT2D eigenvalue weighted by molar-refractivity contribution is 6.31. The second-order valence-electron chi connectivity index (χ2n) is 5.15. The van der Waals surface area contributed by atoms with Gasteiger partial charge in [-0.25, -0.2) is 0 Å². The van der Waals surface area contributed by atoms with Crippen molar-refractivity contribution in [3.63, 3.8) is 0 Å². The van der Waals surface area contributed by atoms with Gasteiger partial charge in [-0.15, -0.1) is 0 Å². The average Bonchev–Trinajstić information content (AvgIpc) is 2.78. The molecule has 0 aliphatic rings. The number of aliphatic carboxylic acids is 1. The monoisotopic (exact) mass is 314 g/mol. The third-order valence-corrected chi connectivity index (χ3v) is 3.97. The molecule has 0 aliphatic carbocycles. The maximum absolute atomic E-state index is 11.0. The number of aromatic nitrogens is 2. The summed E-state index contributed by atoms with van der Waals surface area (Å²) >= 11 is 6.11. The van der Waals surface area contributed by atoms with Crippen LogP contribution in [0, 0.1) is 6.92 Å². The normalized spacial score (nSPS) is 11.0. The zero-order valence-electron chi connectivity index (χ0n) is 12.1. The Balaban J connectivity index is 2.26. The minimum absolute atomic E-state index is 0.0612. The van der Waals surface area contributed by atoms with Crippen molar-refractivity contribution in [3.05, 3.63) is 53.2 Å². The number of carboxylic acids is 1. The molecule has 0 saturated heterocycles. The topological polar surface area (TPSA) is 55.1 Å². The number of carboxylic acid groups (broad SMARTS) is 1. The Morgan fingerprint density at radius 1 is 1.32 bits per heavy atom. The molecule has 0 spiro atoms. The van der Waals surface area contributed by atoms with Gasteiger partial charge in [0.1, 0.15) is 0 Å². The van der Waals surface area contributed by atoms with Crippen LogP contribution in [0.5, 0.6) is 0 Å². The van der Waals surface area contributed by atoms with Crippen molar-refractivity contribution < 1.29 is 9.90 Å². The summed E-state index contributed by atoms with van der Waals surface area (Å²) in [6.45, 7) is 2.41. The van der Waals surface area contributed by atoms with Crippen LogP contribution in [0.4, 0.5) is 0 Å². The summed E-state index contributed by atoms with van der Waals surface area (Å²) < 4.78 is 2.01. The predicted octanol–water partition coefficient (Wildman–Crippen LogP) is 4.14. The molecule has 22 heavy (non-hydrogen) atoms. The Morgan fingerprint density at radius 2 is 2.14 bits per heavy atom. The van der Waals surface area contributed by atoms with E-state index in [0.29, 0.717) is 11.6 Å². The molecule has 0 unspecified atom stereocenters. The van der Waals surface area contributed by atoms with Crippen molar-refractivity contribution in [2.75, 3.05) is 0 Å². The molecule has 0 bridgehead atoms. The third kappa shape index (κ3) is 2.57. The molecule has 0 saturated carbocycles. The SMILES string of the molecule is Cc1c(-c2ccccn2)n(CCC(=O)O)c2ccc(Cl)cc12. The van der Waals surface area contributed by atoms with Crippen LogP contribution in [0.25, 0.3) is 22.3 Å². The number of rotatable bonds is 4. The highest BCUT2D eigenvalue weighted by Gasteiger charge is 2.17. The van der Waals surface area contributed by atoms with Crippen molar-refractivity contribution >= 4 is 28.5 Å². The summed E-state index contributed by atoms with van der Waals surface area (Å²) in [6.07, 6.45) is 1.80. The van der Waals surface area contributed by atoms with E-state index in [0.717, 1.165) is 27.9 Å². The van der Waals surface area contributed by atoms with Crippen molar-refractivity contribution in [2.45, 2.75) is 19.9 Å². The van der Waals surface area contributed by atoms with E-state index >= 15 is 0 Å². The van der Waals surface area contributed by atoms with E-state index in [1.165, 1.54) is 0 Å². The van der Waals surface area contributed by atoms with Gasteiger partial charge in [-0.1, -0.05) is 17.7 Å². The maximum Gasteiger partial charge on any atom is 0.305 e. The first-order chi connectivity index (χ1) is 10.6. The molecule has 2 heterocycles. The Labute approximate surface area is 133 Å². The van der Waals surface area contributed by atoms with Crippen LogP contribution in [0.3, 0.4) is 0 Å². The zero-order chi connectivity index (χ0) is 15.7. The summed E-state index contributed by atoms with van der Waals surface area (Å²) in [5, 5.41) is 10.7. The molecule has 0 atom stereocenters. The van der Waals surface area contributed by atoms with Gasteiger partial charge in [0, 0.05) is 28.7 Å². The Kier molecular flexibility index (Phi) is 3.86. The first kappa shape index (κ1) is 14.6. The highest BCUT2D eigenvalue weighted by Crippen LogP contribution is 2.33. The number of fused-ring (bicyclic) bond motifs is 1. The fraction of sp³-hybridized carbons (Fsp3) is 0.176. The summed E-state index contributed by atoms with van der Waals surface area (Å²) in [7, 11) is 0. The molecule has 4 nitrogen and oxygen atoms in total. The minimum atomic E-state index is -0.819. The summed E-state index contributed by atoms with van der Waals surface area (Å²) in [4.78, 5) is 15.4. The summed E-state index contributed by atoms with van der Waals surface area (Å²) in [6, 6.07) is 11.4. The smallest absolute Gasteiger partial charge is 0.305 e. The summed E-state index contributed by atoms with van der Waals surface area (Å²) in [5.74, 6) is -0.819. The van der Waals surface area contributed by atoms with Crippen molar-refractivity contribution in [3.8, 4) is 11.4 Å². The van der Waals surface area contributed by atoms with Gasteiger partial charge in [-0.05, 0) is 42.8 Å². The number of hydrogen-bond donors (Lipinski definition) is 1. The number of nitrogens with zero attached hydrogens (tertiary/aromatic N) is 2. The van der Waals surface area contributed by atoms with Gasteiger partial charge >= 0.3 is 5.97 Å². The van der Waals surface area contributed by atoms with Crippen molar-refractivity contribution in [2.24, 2.45) is 0 Å². The lowest BCUT2D eigenvalue weighted by molar-refractivity contribution is -0.137. The molecular weight excluding hydrogens is 300 g/mol. The fourth-order valence-electron chi connectivity index (χ4n) is 2.77. The van der Waals surface area contributed by atoms with E-state index in [-0.39, 0.29) is 6.42 Å². The van der Waals surface area contributed by atoms with E-state index in [1.54, 1.807) is 6.20 Å². The van der Waals surface area contributed by atoms with Gasteiger partial charge in [0.15, 0.2) is 0 Å². The molecular formula is C17H15ClN2O2. The van der Waals surface area contributed by atoms with Crippen LogP contribution in [0.1, 0.15) is 12.0 Å².